The fraction of sp³-hybridized carbons (Fsp3) is 0.474. The second kappa shape index (κ2) is 8.23. The number of amidine groups is 1. The highest BCUT2D eigenvalue weighted by Crippen LogP contribution is 2.34. The zero-order valence-corrected chi connectivity index (χ0v) is 16.4. The number of nitrogens with zero attached hydrogens (tertiary/aromatic N) is 2. The number of rotatable bonds is 5. The smallest absolute Gasteiger partial charge is 0.273 e. The number of hydrogen-bond donors (Lipinski definition) is 3. The Bertz CT molecular complexity index is 837. The molecule has 0 radical (unpaired) electrons. The molecule has 1 aromatic heterocycles. The third kappa shape index (κ3) is 4.57. The fourth-order valence-corrected chi connectivity index (χ4v) is 3.68. The van der Waals surface area contributed by atoms with Crippen LogP contribution in [0, 0.1) is 11.8 Å². The van der Waals surface area contributed by atoms with Gasteiger partial charge in [-0.25, -0.2) is 10.1 Å². The second-order valence-corrected chi connectivity index (χ2v) is 7.60. The minimum atomic E-state index is -0.960. The van der Waals surface area contributed by atoms with Crippen LogP contribution < -0.4 is 11.1 Å². The van der Waals surface area contributed by atoms with Crippen molar-refractivity contribution in [1.82, 2.24) is 10.4 Å². The number of hydroxylamine groups is 2. The van der Waals surface area contributed by atoms with Crippen molar-refractivity contribution in [3.05, 3.63) is 21.4 Å². The van der Waals surface area contributed by atoms with E-state index in [2.05, 4.69) is 22.2 Å². The second-order valence-electron chi connectivity index (χ2n) is 6.52. The molecule has 4 N–H and O–H groups in total. The minimum Gasteiger partial charge on any atom is -0.387 e. The van der Waals surface area contributed by atoms with Crippen molar-refractivity contribution in [2.75, 3.05) is 26.2 Å². The average Bonchev–Trinajstić information content (AvgIpc) is 2.90. The van der Waals surface area contributed by atoms with Crippen LogP contribution in [-0.2, 0) is 9.63 Å². The van der Waals surface area contributed by atoms with Gasteiger partial charge in [0.15, 0.2) is 0 Å². The average molecular weight is 388 g/mol. The molecule has 1 fully saturated rings. The first-order valence-corrected chi connectivity index (χ1v) is 9.84. The highest BCUT2D eigenvalue weighted by molar-refractivity contribution is 7.14. The Hall–Kier alpha value is -2.18. The lowest BCUT2D eigenvalue weighted by molar-refractivity contribution is -0.180. The number of aliphatic hydroxyl groups is 1. The summed E-state index contributed by atoms with van der Waals surface area (Å²) in [6.07, 6.45) is 2.89. The van der Waals surface area contributed by atoms with Crippen LogP contribution >= 0.6 is 11.3 Å². The number of β-amino-alcohol motifs (C(OH)–C–C–N with tert-alkyl or cyclic N) is 1. The largest absolute Gasteiger partial charge is 0.387 e. The molecular weight excluding hydrogens is 364 g/mol. The molecule has 1 amide bonds. The van der Waals surface area contributed by atoms with Crippen molar-refractivity contribution in [3.63, 3.8) is 0 Å². The molecule has 0 aliphatic carbocycles. The normalized spacial score (nSPS) is 17.4. The molecule has 0 bridgehead atoms. The Labute approximate surface area is 162 Å². The van der Waals surface area contributed by atoms with E-state index in [9.17, 15) is 9.90 Å². The molecule has 1 aromatic rings. The van der Waals surface area contributed by atoms with E-state index in [4.69, 9.17) is 10.6 Å². The lowest BCUT2D eigenvalue weighted by Gasteiger charge is -2.32. The number of amides is 1. The van der Waals surface area contributed by atoms with Crippen LogP contribution in [0.15, 0.2) is 16.6 Å². The lowest BCUT2D eigenvalue weighted by atomic mass is 9.98. The van der Waals surface area contributed by atoms with Gasteiger partial charge in [0.1, 0.15) is 11.4 Å². The van der Waals surface area contributed by atoms with E-state index in [1.54, 1.807) is 0 Å². The third-order valence-electron chi connectivity index (χ3n) is 4.15. The van der Waals surface area contributed by atoms with Crippen molar-refractivity contribution < 1.29 is 14.7 Å². The van der Waals surface area contributed by atoms with Crippen LogP contribution in [-0.4, -0.2) is 53.8 Å². The van der Waals surface area contributed by atoms with Gasteiger partial charge in [-0.15, -0.1) is 11.3 Å². The van der Waals surface area contributed by atoms with E-state index >= 15 is 0 Å². The molecule has 1 saturated heterocycles. The molecule has 27 heavy (non-hydrogen) atoms. The molecule has 0 unspecified atom stereocenters. The molecule has 0 spiro atoms. The third-order valence-corrected chi connectivity index (χ3v) is 5.13. The lowest BCUT2D eigenvalue weighted by Crippen LogP contribution is -2.58. The van der Waals surface area contributed by atoms with Crippen LogP contribution in [0.1, 0.15) is 36.4 Å². The van der Waals surface area contributed by atoms with E-state index in [0.29, 0.717) is 43.3 Å². The van der Waals surface area contributed by atoms with Crippen LogP contribution in [0.2, 0.25) is 0 Å². The van der Waals surface area contributed by atoms with Gasteiger partial charge in [0.25, 0.3) is 5.91 Å². The first-order valence-electron chi connectivity index (χ1n) is 9.02. The first-order chi connectivity index (χ1) is 12.9. The summed E-state index contributed by atoms with van der Waals surface area (Å²) in [5.74, 6) is 6.08. The van der Waals surface area contributed by atoms with Crippen LogP contribution in [0.25, 0.3) is 6.08 Å². The van der Waals surface area contributed by atoms with E-state index in [1.165, 1.54) is 16.4 Å². The van der Waals surface area contributed by atoms with Gasteiger partial charge >= 0.3 is 0 Å². The van der Waals surface area contributed by atoms with Gasteiger partial charge in [-0.3, -0.25) is 9.63 Å². The number of carbonyl (C=O) groups excluding carboxylic acids is 1. The van der Waals surface area contributed by atoms with Crippen molar-refractivity contribution in [3.8, 4) is 11.8 Å². The van der Waals surface area contributed by atoms with Crippen molar-refractivity contribution in [1.29, 1.82) is 0 Å². The first kappa shape index (κ1) is 19.6. The van der Waals surface area contributed by atoms with Gasteiger partial charge in [0.05, 0.1) is 22.0 Å². The Morgan fingerprint density at radius 1 is 1.52 bits per heavy atom. The standard InChI is InChI=1S/C19H24N4O3S/c1-3-7-23(26-4-2)18(24)13-8-16-15(22-17(20)9-13)10-14(27-16)5-6-19(25)11-21-12-19/h8,10,21,25H,3-4,7,9,11-12H2,1-2H3,(H2,20,22). The van der Waals surface area contributed by atoms with Crippen LogP contribution in [0.5, 0.6) is 0 Å². The van der Waals surface area contributed by atoms with Gasteiger partial charge in [-0.1, -0.05) is 18.8 Å². The summed E-state index contributed by atoms with van der Waals surface area (Å²) in [4.78, 5) is 24.4. The Balaban J connectivity index is 1.88. The number of nitrogens with one attached hydrogen (secondary N) is 1. The van der Waals surface area contributed by atoms with Gasteiger partial charge in [-0.05, 0) is 25.5 Å². The maximum Gasteiger partial charge on any atom is 0.273 e. The number of hydrogen-bond acceptors (Lipinski definition) is 7. The van der Waals surface area contributed by atoms with Crippen molar-refractivity contribution in [2.45, 2.75) is 32.3 Å². The maximum absolute atomic E-state index is 12.9. The summed E-state index contributed by atoms with van der Waals surface area (Å²) in [5.41, 5.74) is 6.31. The number of carbonyl (C=O) groups is 1. The molecule has 3 rings (SSSR count). The van der Waals surface area contributed by atoms with Gasteiger partial charge < -0.3 is 16.2 Å². The number of fused-ring (bicyclic) bond motifs is 1. The summed E-state index contributed by atoms with van der Waals surface area (Å²) in [6, 6.07) is 1.84. The van der Waals surface area contributed by atoms with Gasteiger partial charge in [0, 0.05) is 31.6 Å². The van der Waals surface area contributed by atoms with E-state index in [-0.39, 0.29) is 12.3 Å². The highest BCUT2D eigenvalue weighted by atomic mass is 32.1. The molecule has 2 aliphatic rings. The van der Waals surface area contributed by atoms with E-state index in [0.717, 1.165) is 16.2 Å². The SMILES string of the molecule is CCCN(OCC)C(=O)C1=Cc2sc(C#CC3(O)CNC3)cc2N=C(N)C1. The van der Waals surface area contributed by atoms with Crippen LogP contribution in [0.4, 0.5) is 5.69 Å². The molecule has 0 saturated carbocycles. The molecule has 7 nitrogen and oxygen atoms in total. The molecule has 3 heterocycles. The van der Waals surface area contributed by atoms with Gasteiger partial charge in [0.2, 0.25) is 0 Å². The predicted octanol–water partition coefficient (Wildman–Crippen LogP) is 1.40. The molecule has 2 aliphatic heterocycles. The van der Waals surface area contributed by atoms with E-state index < -0.39 is 5.60 Å². The molecule has 8 heteroatoms. The van der Waals surface area contributed by atoms with Gasteiger partial charge in [-0.2, -0.15) is 0 Å². The predicted molar refractivity (Wildman–Crippen MR) is 107 cm³/mol. The number of thiophene rings is 1. The van der Waals surface area contributed by atoms with Crippen LogP contribution in [0.3, 0.4) is 0 Å². The Morgan fingerprint density at radius 2 is 2.30 bits per heavy atom. The molecule has 144 valence electrons. The van der Waals surface area contributed by atoms with Crippen molar-refractivity contribution in [2.24, 2.45) is 10.7 Å². The quantitative estimate of drug-likeness (QED) is 0.523. The molecule has 0 atom stereocenters. The Kier molecular flexibility index (Phi) is 5.97. The fourth-order valence-electron chi connectivity index (χ4n) is 2.76. The summed E-state index contributed by atoms with van der Waals surface area (Å²) >= 11 is 1.43. The molecular formula is C19H24N4O3S. The topological polar surface area (TPSA) is 100 Å². The zero-order valence-electron chi connectivity index (χ0n) is 15.5. The summed E-state index contributed by atoms with van der Waals surface area (Å²) in [5, 5.41) is 14.5. The summed E-state index contributed by atoms with van der Waals surface area (Å²) in [6.45, 7) is 5.72. The Morgan fingerprint density at radius 3 is 2.93 bits per heavy atom. The number of nitrogens with two attached hydrogens (primary N) is 1. The van der Waals surface area contributed by atoms with Crippen molar-refractivity contribution >= 4 is 34.8 Å². The highest BCUT2D eigenvalue weighted by Gasteiger charge is 2.32. The number of aliphatic imine (C=N–C) groups is 1. The summed E-state index contributed by atoms with van der Waals surface area (Å²) in [7, 11) is 0. The van der Waals surface area contributed by atoms with E-state index in [1.807, 2.05) is 26.0 Å². The zero-order chi connectivity index (χ0) is 19.4. The monoisotopic (exact) mass is 388 g/mol. The summed E-state index contributed by atoms with van der Waals surface area (Å²) < 4.78 is 0. The molecule has 0 aromatic carbocycles. The maximum atomic E-state index is 12.9. The minimum absolute atomic E-state index is 0.194.